The Kier molecular flexibility index (Phi) is 8.42. The van der Waals surface area contributed by atoms with Crippen LogP contribution in [0.3, 0.4) is 0 Å². The molecule has 1 unspecified atom stereocenters. The predicted octanol–water partition coefficient (Wildman–Crippen LogP) is -1.55. The number of nitrogens with two attached hydrogens (primary N) is 1. The third-order valence-electron chi connectivity index (χ3n) is 6.80. The van der Waals surface area contributed by atoms with E-state index >= 15 is 0 Å². The summed E-state index contributed by atoms with van der Waals surface area (Å²) in [7, 11) is -9.87. The molecule has 1 aromatic carbocycles. The maximum atomic E-state index is 13.9. The number of rotatable bonds is 8. The molecule has 3 rings (SSSR count). The lowest BCUT2D eigenvalue weighted by Gasteiger charge is -2.49. The van der Waals surface area contributed by atoms with Crippen LogP contribution in [0.5, 0.6) is 0 Å². The fourth-order valence-corrected chi connectivity index (χ4v) is 10.8. The summed E-state index contributed by atoms with van der Waals surface area (Å²) in [6.07, 6.45) is 0.695. The second-order valence-electron chi connectivity index (χ2n) is 9.31. The Bertz CT molecular complexity index is 1330. The molecule has 0 bridgehead atoms. The van der Waals surface area contributed by atoms with Crippen LogP contribution in [-0.4, -0.2) is 113 Å². The molecule has 2 saturated heterocycles. The fraction of sp³-hybridized carbons (Fsp3) is 0.650. The number of piperidine rings is 1. The van der Waals surface area contributed by atoms with Gasteiger partial charge >= 0.3 is 0 Å². The molecule has 2 atom stereocenters. The van der Waals surface area contributed by atoms with Gasteiger partial charge in [0.2, 0.25) is 20.0 Å². The summed E-state index contributed by atoms with van der Waals surface area (Å²) in [5.74, 6) is -2.11. The molecule has 0 radical (unpaired) electrons. The molecule has 2 heterocycles. The van der Waals surface area contributed by atoms with Crippen molar-refractivity contribution in [3.05, 3.63) is 35.6 Å². The smallest absolute Gasteiger partial charge is 0.284 e. The second-order valence-corrected chi connectivity index (χ2v) is 15.7. The van der Waals surface area contributed by atoms with Crippen LogP contribution in [0.4, 0.5) is 4.39 Å². The van der Waals surface area contributed by atoms with Crippen molar-refractivity contribution in [3.63, 3.8) is 0 Å². The van der Waals surface area contributed by atoms with Gasteiger partial charge in [-0.15, -0.1) is 0 Å². The van der Waals surface area contributed by atoms with Gasteiger partial charge in [-0.1, -0.05) is 12.1 Å². The Morgan fingerprint density at radius 2 is 1.51 bits per heavy atom. The van der Waals surface area contributed by atoms with E-state index in [9.17, 15) is 34.4 Å². The zero-order valence-corrected chi connectivity index (χ0v) is 23.5. The molecule has 13 nitrogen and oxygen atoms in total. The van der Waals surface area contributed by atoms with Gasteiger partial charge in [0.15, 0.2) is 5.37 Å². The highest BCUT2D eigenvalue weighted by Crippen LogP contribution is 2.39. The number of sulfonamides is 2. The van der Waals surface area contributed by atoms with Crippen LogP contribution >= 0.6 is 0 Å². The Morgan fingerprint density at radius 1 is 0.973 bits per heavy atom. The summed E-state index contributed by atoms with van der Waals surface area (Å²) in [6.45, 7) is -0.830. The largest absolute Gasteiger partial charge is 0.367 e. The number of halogens is 1. The van der Waals surface area contributed by atoms with Crippen LogP contribution in [0, 0.1) is 5.82 Å². The second kappa shape index (κ2) is 10.4. The predicted molar refractivity (Wildman–Crippen MR) is 135 cm³/mol. The SMILES string of the molecule is CN(C)S(=O)(=O)C1NCCN(S(=O)(=O)N2CCC(c3ccc(F)cc3)CC2)[C@]1(C(N)=O)S(=O)(=O)N(C)C. The average molecular weight is 585 g/mol. The van der Waals surface area contributed by atoms with Crippen LogP contribution in [0.25, 0.3) is 0 Å². The molecule has 2 fully saturated rings. The van der Waals surface area contributed by atoms with Crippen LogP contribution in [-0.2, 0) is 35.1 Å². The summed E-state index contributed by atoms with van der Waals surface area (Å²) in [4.78, 5) is 9.85. The molecule has 0 aromatic heterocycles. The zero-order valence-electron chi connectivity index (χ0n) is 21.0. The van der Waals surface area contributed by atoms with Crippen molar-refractivity contribution in [1.82, 2.24) is 22.5 Å². The number of nitrogens with one attached hydrogen (secondary N) is 1. The van der Waals surface area contributed by atoms with Crippen molar-refractivity contribution < 1.29 is 34.4 Å². The third kappa shape index (κ3) is 4.91. The molecule has 210 valence electrons. The Morgan fingerprint density at radius 3 is 1.97 bits per heavy atom. The van der Waals surface area contributed by atoms with Crippen LogP contribution in [0.15, 0.2) is 24.3 Å². The Labute approximate surface area is 217 Å². The minimum Gasteiger partial charge on any atom is -0.367 e. The van der Waals surface area contributed by atoms with Crippen molar-refractivity contribution in [1.29, 1.82) is 0 Å². The summed E-state index contributed by atoms with van der Waals surface area (Å²) in [5, 5.41) is 0.312. The highest BCUT2D eigenvalue weighted by Gasteiger charge is 2.70. The molecule has 1 amide bonds. The van der Waals surface area contributed by atoms with Crippen LogP contribution in [0.2, 0.25) is 0 Å². The molecule has 2 aliphatic rings. The van der Waals surface area contributed by atoms with Crippen LogP contribution < -0.4 is 11.1 Å². The molecule has 37 heavy (non-hydrogen) atoms. The van der Waals surface area contributed by atoms with Gasteiger partial charge in [-0.2, -0.15) is 17.0 Å². The first kappa shape index (κ1) is 29.8. The molecular weight excluding hydrogens is 551 g/mol. The van der Waals surface area contributed by atoms with Crippen molar-refractivity contribution in [2.75, 3.05) is 54.4 Å². The fourth-order valence-electron chi connectivity index (χ4n) is 4.75. The molecule has 1 aromatic rings. The number of benzene rings is 1. The highest BCUT2D eigenvalue weighted by atomic mass is 32.2. The minimum atomic E-state index is -4.98. The maximum Gasteiger partial charge on any atom is 0.284 e. The molecular formula is C20H33FN6O7S3. The average Bonchev–Trinajstić information content (AvgIpc) is 2.83. The van der Waals surface area contributed by atoms with E-state index in [4.69, 9.17) is 5.73 Å². The van der Waals surface area contributed by atoms with E-state index in [1.54, 1.807) is 12.1 Å². The maximum absolute atomic E-state index is 13.9. The molecule has 17 heteroatoms. The summed E-state index contributed by atoms with van der Waals surface area (Å²) in [6, 6.07) is 5.88. The summed E-state index contributed by atoms with van der Waals surface area (Å²) >= 11 is 0. The van der Waals surface area contributed by atoms with E-state index in [0.717, 1.165) is 38.1 Å². The summed E-state index contributed by atoms with van der Waals surface area (Å²) < 4.78 is 97.8. The number of amides is 1. The van der Waals surface area contributed by atoms with E-state index < -0.39 is 58.8 Å². The molecule has 2 aliphatic heterocycles. The monoisotopic (exact) mass is 584 g/mol. The minimum absolute atomic E-state index is 0.0315. The number of hydrogen-bond donors (Lipinski definition) is 2. The molecule has 3 N–H and O–H groups in total. The van der Waals surface area contributed by atoms with Crippen molar-refractivity contribution >= 4 is 36.2 Å². The van der Waals surface area contributed by atoms with E-state index in [-0.39, 0.29) is 25.6 Å². The quantitative estimate of drug-likeness (QED) is 0.370. The lowest BCUT2D eigenvalue weighted by Crippen LogP contribution is -2.81. The van der Waals surface area contributed by atoms with Gasteiger partial charge in [-0.25, -0.2) is 29.8 Å². The lowest BCUT2D eigenvalue weighted by atomic mass is 9.90. The topological polar surface area (TPSA) is 170 Å². The lowest BCUT2D eigenvalue weighted by molar-refractivity contribution is -0.124. The van der Waals surface area contributed by atoms with Gasteiger partial charge in [-0.3, -0.25) is 10.1 Å². The zero-order chi connectivity index (χ0) is 28.0. The third-order valence-corrected chi connectivity index (χ3v) is 13.6. The molecule has 0 aliphatic carbocycles. The Hall–Kier alpha value is -1.73. The normalized spacial score (nSPS) is 25.5. The molecule has 0 spiro atoms. The number of primary amides is 1. The number of piperazine rings is 1. The Balaban J connectivity index is 2.09. The number of carbonyl (C=O) groups is 1. The van der Waals surface area contributed by atoms with E-state index in [0.29, 0.717) is 25.8 Å². The first-order chi connectivity index (χ1) is 17.0. The van der Waals surface area contributed by atoms with Crippen molar-refractivity contribution in [3.8, 4) is 0 Å². The van der Waals surface area contributed by atoms with Gasteiger partial charge in [-0.05, 0) is 36.5 Å². The molecule has 0 saturated carbocycles. The number of nitrogens with zero attached hydrogens (tertiary/aromatic N) is 4. The highest BCUT2D eigenvalue weighted by molar-refractivity contribution is 7.96. The first-order valence-corrected chi connectivity index (χ1v) is 15.8. The van der Waals surface area contributed by atoms with E-state index in [2.05, 4.69) is 5.32 Å². The van der Waals surface area contributed by atoms with Gasteiger partial charge in [0, 0.05) is 54.4 Å². The van der Waals surface area contributed by atoms with Gasteiger partial charge < -0.3 is 5.73 Å². The van der Waals surface area contributed by atoms with Crippen molar-refractivity contribution in [2.24, 2.45) is 5.73 Å². The first-order valence-electron chi connectivity index (χ1n) is 11.4. The van der Waals surface area contributed by atoms with Crippen molar-refractivity contribution in [2.45, 2.75) is 29.0 Å². The van der Waals surface area contributed by atoms with E-state index in [1.807, 2.05) is 0 Å². The summed E-state index contributed by atoms with van der Waals surface area (Å²) in [5.41, 5.74) is 6.45. The van der Waals surface area contributed by atoms with Gasteiger partial charge in [0.1, 0.15) is 5.82 Å². The van der Waals surface area contributed by atoms with Gasteiger partial charge in [0.25, 0.3) is 21.0 Å². The number of hydrogen-bond acceptors (Lipinski definition) is 8. The number of carbonyl (C=O) groups excluding carboxylic acids is 1. The van der Waals surface area contributed by atoms with E-state index in [1.165, 1.54) is 12.1 Å². The van der Waals surface area contributed by atoms with Gasteiger partial charge in [0.05, 0.1) is 0 Å². The van der Waals surface area contributed by atoms with Crippen LogP contribution in [0.1, 0.15) is 24.3 Å². The standard InChI is InChI=1S/C20H33FN6O7S3/c1-24(2)35(29,30)19-20(18(22)28,36(31,32)25(3)4)27(14-11-23-19)37(33,34)26-12-9-16(10-13-26)15-5-7-17(21)8-6-15/h5-8,16,19,23H,9-14H2,1-4H3,(H2,22,28)/t19?,20-/m1/s1.